The molecule has 1 saturated carbocycles. The molecule has 4 heteroatoms. The fraction of sp³-hybridized carbons (Fsp3) is 0.923. The normalized spacial score (nSPS) is 24.2. The molecule has 100 valence electrons. The van der Waals surface area contributed by atoms with Crippen molar-refractivity contribution >= 4 is 5.91 Å². The Morgan fingerprint density at radius 3 is 2.59 bits per heavy atom. The van der Waals surface area contributed by atoms with Gasteiger partial charge in [0.05, 0.1) is 6.10 Å². The number of nitrogens with one attached hydrogen (secondary N) is 1. The summed E-state index contributed by atoms with van der Waals surface area (Å²) in [6.45, 7) is 5.02. The third-order valence-electron chi connectivity index (χ3n) is 3.64. The maximum absolute atomic E-state index is 11.7. The molecule has 0 aromatic carbocycles. The Morgan fingerprint density at radius 2 is 2.06 bits per heavy atom. The average Bonchev–Trinajstić information content (AvgIpc) is 2.20. The van der Waals surface area contributed by atoms with Gasteiger partial charge in [0.15, 0.2) is 0 Å². The van der Waals surface area contributed by atoms with Crippen molar-refractivity contribution in [2.45, 2.75) is 58.1 Å². The molecule has 0 bridgehead atoms. The summed E-state index contributed by atoms with van der Waals surface area (Å²) in [5.41, 5.74) is 5.72. The Labute approximate surface area is 104 Å². The first-order chi connectivity index (χ1) is 7.96. The summed E-state index contributed by atoms with van der Waals surface area (Å²) < 4.78 is 5.18. The Kier molecular flexibility index (Phi) is 5.40. The van der Waals surface area contributed by atoms with Crippen LogP contribution in [0.1, 0.15) is 46.0 Å². The fourth-order valence-corrected chi connectivity index (χ4v) is 2.14. The largest absolute Gasteiger partial charge is 0.381 e. The first-order valence-corrected chi connectivity index (χ1v) is 6.49. The molecule has 0 aromatic rings. The molecule has 3 N–H and O–H groups in total. The zero-order valence-corrected chi connectivity index (χ0v) is 11.3. The standard InChI is InChI=1S/C13H26N2O2/c1-13(2,6-7-14)5-4-12(16)15-10-8-11(9-10)17-3/h10-11H,4-9,14H2,1-3H3,(H,15,16). The van der Waals surface area contributed by atoms with E-state index in [2.05, 4.69) is 19.2 Å². The molecule has 1 aliphatic rings. The van der Waals surface area contributed by atoms with Crippen LogP contribution < -0.4 is 11.1 Å². The molecule has 1 fully saturated rings. The fourth-order valence-electron chi connectivity index (χ4n) is 2.14. The molecular formula is C13H26N2O2. The lowest BCUT2D eigenvalue weighted by molar-refractivity contribution is -0.124. The predicted octanol–water partition coefficient (Wildman–Crippen LogP) is 1.44. The topological polar surface area (TPSA) is 64.3 Å². The van der Waals surface area contributed by atoms with E-state index in [1.165, 1.54) is 0 Å². The SMILES string of the molecule is COC1CC(NC(=O)CCC(C)(C)CCN)C1. The summed E-state index contributed by atoms with van der Waals surface area (Å²) >= 11 is 0. The molecule has 4 nitrogen and oxygen atoms in total. The second kappa shape index (κ2) is 6.36. The van der Waals surface area contributed by atoms with Crippen molar-refractivity contribution in [1.29, 1.82) is 0 Å². The maximum atomic E-state index is 11.7. The van der Waals surface area contributed by atoms with E-state index in [1.54, 1.807) is 7.11 Å². The van der Waals surface area contributed by atoms with Crippen LogP contribution >= 0.6 is 0 Å². The van der Waals surface area contributed by atoms with Gasteiger partial charge < -0.3 is 15.8 Å². The zero-order chi connectivity index (χ0) is 12.9. The highest BCUT2D eigenvalue weighted by molar-refractivity contribution is 5.76. The number of hydrogen-bond acceptors (Lipinski definition) is 3. The summed E-state index contributed by atoms with van der Waals surface area (Å²) in [6.07, 6.45) is 4.71. The first kappa shape index (κ1) is 14.5. The van der Waals surface area contributed by atoms with Gasteiger partial charge in [-0.25, -0.2) is 0 Å². The number of amides is 1. The van der Waals surface area contributed by atoms with Gasteiger partial charge in [0.1, 0.15) is 0 Å². The van der Waals surface area contributed by atoms with Gasteiger partial charge in [0.25, 0.3) is 0 Å². The monoisotopic (exact) mass is 242 g/mol. The molecule has 0 heterocycles. The van der Waals surface area contributed by atoms with Crippen LogP contribution in [0.5, 0.6) is 0 Å². The molecular weight excluding hydrogens is 216 g/mol. The van der Waals surface area contributed by atoms with Gasteiger partial charge >= 0.3 is 0 Å². The summed E-state index contributed by atoms with van der Waals surface area (Å²) in [5, 5.41) is 3.05. The molecule has 0 radical (unpaired) electrons. The highest BCUT2D eigenvalue weighted by Gasteiger charge is 2.30. The van der Waals surface area contributed by atoms with Crippen molar-refractivity contribution in [3.05, 3.63) is 0 Å². The zero-order valence-electron chi connectivity index (χ0n) is 11.3. The van der Waals surface area contributed by atoms with E-state index >= 15 is 0 Å². The molecule has 1 amide bonds. The van der Waals surface area contributed by atoms with Crippen molar-refractivity contribution in [3.63, 3.8) is 0 Å². The highest BCUT2D eigenvalue weighted by Crippen LogP contribution is 2.26. The van der Waals surface area contributed by atoms with Crippen LogP contribution in [0.25, 0.3) is 0 Å². The Balaban J connectivity index is 2.14. The molecule has 0 aromatic heterocycles. The van der Waals surface area contributed by atoms with Crippen LogP contribution in [0, 0.1) is 5.41 Å². The first-order valence-electron chi connectivity index (χ1n) is 6.49. The van der Waals surface area contributed by atoms with E-state index in [0.717, 1.165) is 25.7 Å². The van der Waals surface area contributed by atoms with E-state index in [4.69, 9.17) is 10.5 Å². The number of nitrogens with two attached hydrogens (primary N) is 1. The van der Waals surface area contributed by atoms with E-state index < -0.39 is 0 Å². The number of ether oxygens (including phenoxy) is 1. The molecule has 1 aliphatic carbocycles. The van der Waals surface area contributed by atoms with Crippen LogP contribution in [0.3, 0.4) is 0 Å². The molecule has 0 unspecified atom stereocenters. The van der Waals surface area contributed by atoms with Crippen LogP contribution in [-0.4, -0.2) is 31.7 Å². The van der Waals surface area contributed by atoms with Gasteiger partial charge in [-0.15, -0.1) is 0 Å². The minimum atomic E-state index is 0.162. The van der Waals surface area contributed by atoms with Crippen molar-refractivity contribution in [3.8, 4) is 0 Å². The summed E-state index contributed by atoms with van der Waals surface area (Å²) in [6, 6.07) is 0.324. The number of rotatable bonds is 7. The van der Waals surface area contributed by atoms with E-state index in [-0.39, 0.29) is 11.3 Å². The van der Waals surface area contributed by atoms with Crippen molar-refractivity contribution in [2.75, 3.05) is 13.7 Å². The van der Waals surface area contributed by atoms with Gasteiger partial charge in [-0.3, -0.25) is 4.79 Å². The smallest absolute Gasteiger partial charge is 0.220 e. The second-order valence-electron chi connectivity index (χ2n) is 5.80. The molecule has 0 aliphatic heterocycles. The molecule has 17 heavy (non-hydrogen) atoms. The number of carbonyl (C=O) groups excluding carboxylic acids is 1. The maximum Gasteiger partial charge on any atom is 0.220 e. The predicted molar refractivity (Wildman–Crippen MR) is 68.6 cm³/mol. The van der Waals surface area contributed by atoms with Crippen molar-refractivity contribution in [2.24, 2.45) is 11.1 Å². The molecule has 0 spiro atoms. The van der Waals surface area contributed by atoms with Gasteiger partial charge in [-0.05, 0) is 37.6 Å². The highest BCUT2D eigenvalue weighted by atomic mass is 16.5. The van der Waals surface area contributed by atoms with Crippen molar-refractivity contribution in [1.82, 2.24) is 5.32 Å². The quantitative estimate of drug-likeness (QED) is 0.710. The van der Waals surface area contributed by atoms with Crippen LogP contribution in [-0.2, 0) is 9.53 Å². The summed E-state index contributed by atoms with van der Waals surface area (Å²) in [4.78, 5) is 11.7. The molecule has 1 rings (SSSR count). The number of carbonyl (C=O) groups is 1. The average molecular weight is 242 g/mol. The van der Waals surface area contributed by atoms with Gasteiger partial charge in [0.2, 0.25) is 5.91 Å². The van der Waals surface area contributed by atoms with E-state index in [1.807, 2.05) is 0 Å². The number of hydrogen-bond donors (Lipinski definition) is 2. The van der Waals surface area contributed by atoms with E-state index in [9.17, 15) is 4.79 Å². The van der Waals surface area contributed by atoms with Crippen LogP contribution in [0.4, 0.5) is 0 Å². The third-order valence-corrected chi connectivity index (χ3v) is 3.64. The Bertz CT molecular complexity index is 248. The Morgan fingerprint density at radius 1 is 1.41 bits per heavy atom. The van der Waals surface area contributed by atoms with Crippen LogP contribution in [0.15, 0.2) is 0 Å². The van der Waals surface area contributed by atoms with Crippen molar-refractivity contribution < 1.29 is 9.53 Å². The van der Waals surface area contributed by atoms with Gasteiger partial charge in [0, 0.05) is 19.6 Å². The molecule has 0 saturated heterocycles. The minimum Gasteiger partial charge on any atom is -0.381 e. The number of methoxy groups -OCH3 is 1. The minimum absolute atomic E-state index is 0.162. The summed E-state index contributed by atoms with van der Waals surface area (Å²) in [7, 11) is 1.72. The molecule has 0 atom stereocenters. The summed E-state index contributed by atoms with van der Waals surface area (Å²) in [5.74, 6) is 0.162. The van der Waals surface area contributed by atoms with E-state index in [0.29, 0.717) is 25.1 Å². The lowest BCUT2D eigenvalue weighted by Crippen LogP contribution is -2.47. The van der Waals surface area contributed by atoms with Gasteiger partial charge in [-0.1, -0.05) is 13.8 Å². The lowest BCUT2D eigenvalue weighted by atomic mass is 9.84. The lowest BCUT2D eigenvalue weighted by Gasteiger charge is -2.34. The third kappa shape index (κ3) is 5.04. The Hall–Kier alpha value is -0.610. The van der Waals surface area contributed by atoms with Crippen LogP contribution in [0.2, 0.25) is 0 Å². The second-order valence-corrected chi connectivity index (χ2v) is 5.80. The van der Waals surface area contributed by atoms with Gasteiger partial charge in [-0.2, -0.15) is 0 Å².